The van der Waals surface area contributed by atoms with Crippen LogP contribution < -0.4 is 10.1 Å². The summed E-state index contributed by atoms with van der Waals surface area (Å²) in [5.74, 6) is 0.438. The molecule has 2 fully saturated rings. The highest BCUT2D eigenvalue weighted by Crippen LogP contribution is 2.42. The fourth-order valence-corrected chi connectivity index (χ4v) is 4.51. The maximum atomic E-state index is 12.4. The average molecular weight is 339 g/mol. The first kappa shape index (κ1) is 16.2. The van der Waals surface area contributed by atoms with E-state index in [1.807, 2.05) is 6.07 Å². The lowest BCUT2D eigenvalue weighted by molar-refractivity contribution is -0.128. The van der Waals surface area contributed by atoms with Gasteiger partial charge in [-0.25, -0.2) is 17.7 Å². The van der Waals surface area contributed by atoms with E-state index in [-0.39, 0.29) is 24.1 Å². The Balaban J connectivity index is 1.73. The van der Waals surface area contributed by atoms with Crippen molar-refractivity contribution in [3.8, 4) is 5.88 Å². The first-order valence-electron chi connectivity index (χ1n) is 7.78. The number of nitrogens with zero attached hydrogens (tertiary/aromatic N) is 2. The van der Waals surface area contributed by atoms with Gasteiger partial charge in [-0.2, -0.15) is 0 Å². The molecule has 126 valence electrons. The number of hydrogen-bond acceptors (Lipinski definition) is 5. The molecule has 8 heteroatoms. The largest absolute Gasteiger partial charge is 0.477 e. The Morgan fingerprint density at radius 1 is 1.48 bits per heavy atom. The molecule has 1 amide bonds. The zero-order valence-electron chi connectivity index (χ0n) is 13.1. The maximum Gasteiger partial charge on any atom is 0.228 e. The van der Waals surface area contributed by atoms with Crippen molar-refractivity contribution in [2.24, 2.45) is 11.3 Å². The van der Waals surface area contributed by atoms with E-state index in [4.69, 9.17) is 4.74 Å². The molecule has 0 bridgehead atoms. The van der Waals surface area contributed by atoms with Crippen LogP contribution in [0, 0.1) is 11.3 Å². The third-order valence-corrected chi connectivity index (χ3v) is 6.66. The highest BCUT2D eigenvalue weighted by Gasteiger charge is 2.55. The minimum Gasteiger partial charge on any atom is -0.477 e. The van der Waals surface area contributed by atoms with Gasteiger partial charge >= 0.3 is 0 Å². The molecule has 23 heavy (non-hydrogen) atoms. The zero-order chi connectivity index (χ0) is 16.5. The number of aromatic nitrogens is 1. The molecule has 1 aromatic rings. The summed E-state index contributed by atoms with van der Waals surface area (Å²) in [5.41, 5.74) is -0.684. The quantitative estimate of drug-likeness (QED) is 0.831. The summed E-state index contributed by atoms with van der Waals surface area (Å²) in [5, 5.41) is 2.87. The summed E-state index contributed by atoms with van der Waals surface area (Å²) >= 11 is 0. The van der Waals surface area contributed by atoms with Gasteiger partial charge in [0.25, 0.3) is 0 Å². The normalized spacial score (nSPS) is 28.2. The van der Waals surface area contributed by atoms with Gasteiger partial charge in [0.2, 0.25) is 21.8 Å². The first-order valence-corrected chi connectivity index (χ1v) is 9.39. The Morgan fingerprint density at radius 3 is 3.00 bits per heavy atom. The van der Waals surface area contributed by atoms with Crippen molar-refractivity contribution in [3.63, 3.8) is 0 Å². The monoisotopic (exact) mass is 339 g/mol. The molecular formula is C15H21N3O4S. The predicted octanol–water partition coefficient (Wildman–Crippen LogP) is 0.248. The molecule has 7 nitrogen and oxygen atoms in total. The minimum absolute atomic E-state index is 0.0554. The fraction of sp³-hybridized carbons (Fsp3) is 0.600. The van der Waals surface area contributed by atoms with Crippen LogP contribution in [-0.2, 0) is 14.8 Å². The topological polar surface area (TPSA) is 88.6 Å². The van der Waals surface area contributed by atoms with Crippen molar-refractivity contribution in [1.29, 1.82) is 0 Å². The summed E-state index contributed by atoms with van der Waals surface area (Å²) in [4.78, 5) is 16.5. The standard InChI is InChI=1S/C15H21N3O4S/c1-2-23(20,21)18-8-6-15(11-18)12(9-17-14(15)19)10-22-13-5-3-4-7-16-13/h3-5,7,12H,2,6,8-11H2,1H3,(H,17,19)/t12-,15-/m0/s1. The Bertz CT molecular complexity index is 679. The Kier molecular flexibility index (Phi) is 4.29. The van der Waals surface area contributed by atoms with Gasteiger partial charge in [0.05, 0.1) is 17.8 Å². The van der Waals surface area contributed by atoms with Crippen LogP contribution in [0.15, 0.2) is 24.4 Å². The molecule has 2 aliphatic heterocycles. The molecule has 1 aromatic heterocycles. The van der Waals surface area contributed by atoms with Gasteiger partial charge in [0.1, 0.15) is 0 Å². The van der Waals surface area contributed by atoms with Gasteiger partial charge in [-0.1, -0.05) is 6.07 Å². The summed E-state index contributed by atoms with van der Waals surface area (Å²) in [7, 11) is -3.28. The van der Waals surface area contributed by atoms with Crippen molar-refractivity contribution in [2.75, 3.05) is 32.0 Å². The first-order chi connectivity index (χ1) is 11.0. The van der Waals surface area contributed by atoms with E-state index in [2.05, 4.69) is 10.3 Å². The van der Waals surface area contributed by atoms with Crippen molar-refractivity contribution >= 4 is 15.9 Å². The smallest absolute Gasteiger partial charge is 0.228 e. The minimum atomic E-state index is -3.28. The third kappa shape index (κ3) is 2.92. The highest BCUT2D eigenvalue weighted by atomic mass is 32.2. The molecular weight excluding hydrogens is 318 g/mol. The van der Waals surface area contributed by atoms with Gasteiger partial charge in [-0.3, -0.25) is 4.79 Å². The van der Waals surface area contributed by atoms with E-state index in [9.17, 15) is 13.2 Å². The van der Waals surface area contributed by atoms with Crippen LogP contribution in [0.25, 0.3) is 0 Å². The number of ether oxygens (including phenoxy) is 1. The van der Waals surface area contributed by atoms with E-state index >= 15 is 0 Å². The van der Waals surface area contributed by atoms with Crippen LogP contribution in [0.5, 0.6) is 5.88 Å². The molecule has 2 atom stereocenters. The molecule has 0 saturated carbocycles. The third-order valence-electron chi connectivity index (χ3n) is 4.84. The van der Waals surface area contributed by atoms with Crippen LogP contribution in [0.4, 0.5) is 0 Å². The van der Waals surface area contributed by atoms with Gasteiger partial charge in [-0.05, 0) is 19.4 Å². The zero-order valence-corrected chi connectivity index (χ0v) is 13.9. The van der Waals surface area contributed by atoms with Crippen molar-refractivity contribution < 1.29 is 17.9 Å². The van der Waals surface area contributed by atoms with Crippen LogP contribution in [-0.4, -0.2) is 55.6 Å². The predicted molar refractivity (Wildman–Crippen MR) is 84.3 cm³/mol. The van der Waals surface area contributed by atoms with Crippen molar-refractivity contribution in [1.82, 2.24) is 14.6 Å². The Hall–Kier alpha value is -1.67. The van der Waals surface area contributed by atoms with Gasteiger partial charge in [0.15, 0.2) is 0 Å². The Morgan fingerprint density at radius 2 is 2.30 bits per heavy atom. The molecule has 1 spiro atoms. The molecule has 1 N–H and O–H groups in total. The summed E-state index contributed by atoms with van der Waals surface area (Å²) in [6.07, 6.45) is 2.18. The van der Waals surface area contributed by atoms with E-state index in [1.54, 1.807) is 25.3 Å². The lowest BCUT2D eigenvalue weighted by atomic mass is 9.77. The van der Waals surface area contributed by atoms with E-state index in [0.29, 0.717) is 32.0 Å². The number of pyridine rings is 1. The number of sulfonamides is 1. The van der Waals surface area contributed by atoms with Gasteiger partial charge in [-0.15, -0.1) is 0 Å². The van der Waals surface area contributed by atoms with Gasteiger partial charge < -0.3 is 10.1 Å². The fourth-order valence-electron chi connectivity index (χ4n) is 3.35. The molecule has 2 saturated heterocycles. The van der Waals surface area contributed by atoms with Crippen LogP contribution >= 0.6 is 0 Å². The van der Waals surface area contributed by atoms with Crippen LogP contribution in [0.2, 0.25) is 0 Å². The van der Waals surface area contributed by atoms with E-state index < -0.39 is 15.4 Å². The number of rotatable bonds is 5. The lowest BCUT2D eigenvalue weighted by Crippen LogP contribution is -2.41. The second kappa shape index (κ2) is 6.09. The number of amides is 1. The summed E-state index contributed by atoms with van der Waals surface area (Å²) in [6, 6.07) is 5.40. The molecule has 0 radical (unpaired) electrons. The van der Waals surface area contributed by atoms with Crippen LogP contribution in [0.1, 0.15) is 13.3 Å². The number of nitrogens with one attached hydrogen (secondary N) is 1. The van der Waals surface area contributed by atoms with E-state index in [0.717, 1.165) is 0 Å². The molecule has 0 unspecified atom stereocenters. The van der Waals surface area contributed by atoms with Crippen molar-refractivity contribution in [3.05, 3.63) is 24.4 Å². The molecule has 3 heterocycles. The highest BCUT2D eigenvalue weighted by molar-refractivity contribution is 7.89. The molecule has 0 aromatic carbocycles. The number of carbonyl (C=O) groups excluding carboxylic acids is 1. The molecule has 2 aliphatic rings. The lowest BCUT2D eigenvalue weighted by Gasteiger charge is -2.27. The Labute approximate surface area is 136 Å². The second-order valence-electron chi connectivity index (χ2n) is 6.03. The summed E-state index contributed by atoms with van der Waals surface area (Å²) in [6.45, 7) is 3.10. The summed E-state index contributed by atoms with van der Waals surface area (Å²) < 4.78 is 31.3. The van der Waals surface area contributed by atoms with Gasteiger partial charge in [0, 0.05) is 37.8 Å². The number of hydrogen-bond donors (Lipinski definition) is 1. The maximum absolute atomic E-state index is 12.4. The van der Waals surface area contributed by atoms with Crippen molar-refractivity contribution in [2.45, 2.75) is 13.3 Å². The van der Waals surface area contributed by atoms with Crippen LogP contribution in [0.3, 0.4) is 0 Å². The molecule has 0 aliphatic carbocycles. The number of carbonyl (C=O) groups is 1. The second-order valence-corrected chi connectivity index (χ2v) is 8.28. The van der Waals surface area contributed by atoms with E-state index in [1.165, 1.54) is 4.31 Å². The average Bonchev–Trinajstić information content (AvgIpc) is 3.14. The molecule has 3 rings (SSSR count). The SMILES string of the molecule is CCS(=O)(=O)N1CC[C@@]2(C1)C(=O)NC[C@H]2COc1ccccn1.